The molecule has 0 aliphatic heterocycles. The van der Waals surface area contributed by atoms with Crippen molar-refractivity contribution in [3.05, 3.63) is 12.2 Å². The maximum absolute atomic E-state index is 11.0. The van der Waals surface area contributed by atoms with E-state index >= 15 is 0 Å². The number of nitrogens with one attached hydrogen (secondary N) is 2. The maximum Gasteiger partial charge on any atom is 0.331 e. The van der Waals surface area contributed by atoms with Crippen molar-refractivity contribution in [1.29, 1.82) is 0 Å². The van der Waals surface area contributed by atoms with Crippen LogP contribution in [0.4, 0.5) is 0 Å². The van der Waals surface area contributed by atoms with Crippen LogP contribution in [0.25, 0.3) is 0 Å². The molecular weight excluding hydrogens is 250 g/mol. The zero-order valence-electron chi connectivity index (χ0n) is 9.08. The largest absolute Gasteiger partial charge is 0.466 e. The van der Waals surface area contributed by atoms with Gasteiger partial charge in [-0.3, -0.25) is 5.84 Å². The number of esters is 2. The van der Waals surface area contributed by atoms with Gasteiger partial charge in [-0.15, -0.1) is 5.12 Å². The Morgan fingerprint density at radius 2 is 2.12 bits per heavy atom. The Morgan fingerprint density at radius 1 is 1.47 bits per heavy atom. The predicted molar refractivity (Wildman–Crippen MR) is 59.1 cm³/mol. The van der Waals surface area contributed by atoms with Crippen LogP contribution in [0.3, 0.4) is 0 Å². The summed E-state index contributed by atoms with van der Waals surface area (Å²) < 4.78 is 12.2. The van der Waals surface area contributed by atoms with Gasteiger partial charge in [0.1, 0.15) is 6.61 Å². The lowest BCUT2D eigenvalue weighted by Crippen LogP contribution is -2.50. The topological polar surface area (TPSA) is 118 Å². The van der Waals surface area contributed by atoms with E-state index in [9.17, 15) is 9.59 Å². The SMILES string of the molecule is COC(=O)/C=C/C(=O)OCCN(NN)NN=S. The minimum atomic E-state index is -0.678. The molecule has 0 aliphatic carbocycles. The van der Waals surface area contributed by atoms with Gasteiger partial charge in [-0.25, -0.2) is 15.1 Å². The van der Waals surface area contributed by atoms with E-state index in [2.05, 4.69) is 32.7 Å². The van der Waals surface area contributed by atoms with Crippen LogP contribution in [-0.2, 0) is 31.5 Å². The third kappa shape index (κ3) is 8.21. The van der Waals surface area contributed by atoms with Gasteiger partial charge in [0.15, 0.2) is 0 Å². The molecule has 0 aromatic carbocycles. The van der Waals surface area contributed by atoms with Gasteiger partial charge in [0.2, 0.25) is 0 Å². The molecule has 96 valence electrons. The van der Waals surface area contributed by atoms with Crippen LogP contribution in [0.15, 0.2) is 16.6 Å². The van der Waals surface area contributed by atoms with Crippen molar-refractivity contribution in [3.63, 3.8) is 0 Å². The number of hydrogen-bond donors (Lipinski definition) is 3. The summed E-state index contributed by atoms with van der Waals surface area (Å²) in [5.74, 6) is 3.77. The van der Waals surface area contributed by atoms with Crippen LogP contribution < -0.4 is 16.9 Å². The fourth-order valence-electron chi connectivity index (χ4n) is 0.682. The van der Waals surface area contributed by atoms with Crippen molar-refractivity contribution in [2.75, 3.05) is 20.3 Å². The molecule has 0 saturated carbocycles. The molecule has 0 unspecified atom stereocenters. The van der Waals surface area contributed by atoms with Crippen LogP contribution in [0.1, 0.15) is 0 Å². The summed E-state index contributed by atoms with van der Waals surface area (Å²) in [6.45, 7) is 0.223. The molecule has 0 fully saturated rings. The van der Waals surface area contributed by atoms with Crippen LogP contribution in [0.2, 0.25) is 0 Å². The number of carbonyl (C=O) groups excluding carboxylic acids is 2. The number of hydrogen-bond acceptors (Lipinski definition) is 9. The first-order valence-electron chi connectivity index (χ1n) is 4.38. The lowest BCUT2D eigenvalue weighted by atomic mass is 10.5. The third-order valence-corrected chi connectivity index (χ3v) is 1.51. The highest BCUT2D eigenvalue weighted by atomic mass is 32.1. The van der Waals surface area contributed by atoms with Crippen LogP contribution in [0, 0.1) is 0 Å². The molecule has 0 radical (unpaired) electrons. The Hall–Kier alpha value is -1.62. The minimum absolute atomic E-state index is 0.0202. The van der Waals surface area contributed by atoms with Crippen molar-refractivity contribution in [3.8, 4) is 0 Å². The fraction of sp³-hybridized carbons (Fsp3) is 0.429. The van der Waals surface area contributed by atoms with E-state index in [0.717, 1.165) is 12.2 Å². The first kappa shape index (κ1) is 15.4. The number of ether oxygens (including phenoxy) is 2. The Labute approximate surface area is 103 Å². The molecule has 0 saturated heterocycles. The summed E-state index contributed by atoms with van der Waals surface area (Å²) in [4.78, 5) is 21.7. The molecule has 4 N–H and O–H groups in total. The second-order valence-corrected chi connectivity index (χ2v) is 2.68. The quantitative estimate of drug-likeness (QED) is 0.199. The number of nitrogens with two attached hydrogens (primary N) is 1. The van der Waals surface area contributed by atoms with E-state index in [0.29, 0.717) is 0 Å². The van der Waals surface area contributed by atoms with Gasteiger partial charge >= 0.3 is 11.9 Å². The van der Waals surface area contributed by atoms with Crippen molar-refractivity contribution < 1.29 is 19.1 Å². The number of hydrazine groups is 3. The number of rotatable bonds is 8. The first-order valence-corrected chi connectivity index (χ1v) is 4.75. The zero-order chi connectivity index (χ0) is 13.1. The van der Waals surface area contributed by atoms with Gasteiger partial charge in [-0.05, 0) is 0 Å². The molecule has 0 aromatic heterocycles. The standard InChI is InChI=1S/C7H13N5O4S/c1-15-6(13)2-3-7(14)16-5-4-12(9-8)10-11-17/h2-3,9H,4-5,8H2,1H3,(H,10,17)/b3-2+. The van der Waals surface area contributed by atoms with Crippen molar-refractivity contribution in [2.45, 2.75) is 0 Å². The molecule has 0 spiro atoms. The smallest absolute Gasteiger partial charge is 0.331 e. The molecular formula is C7H13N5O4S. The Morgan fingerprint density at radius 3 is 2.65 bits per heavy atom. The summed E-state index contributed by atoms with van der Waals surface area (Å²) in [6, 6.07) is 0. The highest BCUT2D eigenvalue weighted by Crippen LogP contribution is 1.85. The fourth-order valence-corrected chi connectivity index (χ4v) is 0.781. The highest BCUT2D eigenvalue weighted by molar-refractivity contribution is 7.47. The molecule has 0 aromatic rings. The molecule has 0 amide bonds. The van der Waals surface area contributed by atoms with Gasteiger partial charge in [0, 0.05) is 12.2 Å². The van der Waals surface area contributed by atoms with E-state index in [1.807, 2.05) is 0 Å². The molecule has 0 heterocycles. The van der Waals surface area contributed by atoms with Gasteiger partial charge in [-0.2, -0.15) is 5.53 Å². The molecule has 0 aliphatic rings. The van der Waals surface area contributed by atoms with Crippen LogP contribution >= 0.6 is 0 Å². The van der Waals surface area contributed by atoms with Gasteiger partial charge in [0.25, 0.3) is 0 Å². The minimum Gasteiger partial charge on any atom is -0.466 e. The van der Waals surface area contributed by atoms with E-state index in [-0.39, 0.29) is 13.2 Å². The third-order valence-electron chi connectivity index (χ3n) is 1.43. The Bertz CT molecular complexity index is 298. The highest BCUT2D eigenvalue weighted by Gasteiger charge is 2.03. The monoisotopic (exact) mass is 263 g/mol. The lowest BCUT2D eigenvalue weighted by Gasteiger charge is -2.17. The van der Waals surface area contributed by atoms with E-state index in [1.165, 1.54) is 12.2 Å². The van der Waals surface area contributed by atoms with E-state index in [4.69, 9.17) is 10.6 Å². The molecule has 0 rings (SSSR count). The van der Waals surface area contributed by atoms with E-state index in [1.54, 1.807) is 0 Å². The maximum atomic E-state index is 11.0. The zero-order valence-corrected chi connectivity index (χ0v) is 9.90. The Kier molecular flexibility index (Phi) is 8.68. The molecule has 0 atom stereocenters. The van der Waals surface area contributed by atoms with Gasteiger partial charge in [0.05, 0.1) is 26.1 Å². The summed E-state index contributed by atoms with van der Waals surface area (Å²) in [5, 5.41) is 1.20. The summed E-state index contributed by atoms with van der Waals surface area (Å²) in [7, 11) is 1.20. The Balaban J connectivity index is 3.80. The molecule has 0 bridgehead atoms. The van der Waals surface area contributed by atoms with Crippen molar-refractivity contribution in [1.82, 2.24) is 16.2 Å². The summed E-state index contributed by atoms with van der Waals surface area (Å²) >= 11 is 4.29. The van der Waals surface area contributed by atoms with Gasteiger partial charge < -0.3 is 9.47 Å². The molecule has 10 heteroatoms. The van der Waals surface area contributed by atoms with E-state index < -0.39 is 11.9 Å². The average molecular weight is 263 g/mol. The second-order valence-electron chi connectivity index (χ2n) is 2.50. The van der Waals surface area contributed by atoms with Crippen molar-refractivity contribution in [2.24, 2.45) is 10.3 Å². The van der Waals surface area contributed by atoms with Crippen molar-refractivity contribution >= 4 is 24.4 Å². The second kappa shape index (κ2) is 9.59. The number of carbonyl (C=O) groups is 2. The number of methoxy groups -OCH3 is 1. The number of nitrogens with zero attached hydrogens (tertiary/aromatic N) is 2. The summed E-state index contributed by atoms with van der Waals surface area (Å²) in [5.41, 5.74) is 4.53. The first-order chi connectivity index (χ1) is 8.13. The average Bonchev–Trinajstić information content (AvgIpc) is 2.34. The van der Waals surface area contributed by atoms with Gasteiger partial charge in [-0.1, -0.05) is 4.47 Å². The molecule has 9 nitrogen and oxygen atoms in total. The van der Waals surface area contributed by atoms with Crippen LogP contribution in [-0.4, -0.2) is 37.3 Å². The lowest BCUT2D eigenvalue weighted by molar-refractivity contribution is -0.140. The predicted octanol–water partition coefficient (Wildman–Crippen LogP) is -1.91. The molecule has 17 heavy (non-hydrogen) atoms. The summed E-state index contributed by atoms with van der Waals surface area (Å²) in [6.07, 6.45) is 1.91. The normalized spacial score (nSPS) is 10.3. The van der Waals surface area contributed by atoms with Crippen LogP contribution in [0.5, 0.6) is 0 Å².